The molecule has 0 saturated heterocycles. The average molecular weight is 248 g/mol. The van der Waals surface area contributed by atoms with E-state index in [-0.39, 0.29) is 11.6 Å². The third-order valence-corrected chi connectivity index (χ3v) is 4.39. The van der Waals surface area contributed by atoms with E-state index in [1.54, 1.807) is 7.11 Å². The zero-order valence-corrected chi connectivity index (χ0v) is 11.0. The molecule has 86 valence electrons. The summed E-state index contributed by atoms with van der Waals surface area (Å²) in [6, 6.07) is 3.76. The van der Waals surface area contributed by atoms with Gasteiger partial charge in [-0.15, -0.1) is 11.3 Å². The Morgan fingerprint density at radius 2 is 2.07 bits per heavy atom. The van der Waals surface area contributed by atoms with Crippen LogP contribution in [0.15, 0.2) is 12.1 Å². The molecule has 1 aromatic rings. The van der Waals surface area contributed by atoms with Gasteiger partial charge in [0.25, 0.3) is 0 Å². The summed E-state index contributed by atoms with van der Waals surface area (Å²) >= 11 is 7.44. The van der Waals surface area contributed by atoms with Crippen LogP contribution >= 0.6 is 22.9 Å². The van der Waals surface area contributed by atoms with Crippen molar-refractivity contribution in [2.24, 2.45) is 5.73 Å². The Labute approximate surface area is 100 Å². The first kappa shape index (κ1) is 13.0. The van der Waals surface area contributed by atoms with Crippen LogP contribution in [0, 0.1) is 0 Å². The number of methoxy groups -OCH3 is 1. The SMILES string of the molecule is CCC(CC)(OC)C(N)c1ccc(Cl)s1. The molecule has 0 amide bonds. The van der Waals surface area contributed by atoms with Crippen LogP contribution in [-0.4, -0.2) is 12.7 Å². The van der Waals surface area contributed by atoms with E-state index < -0.39 is 0 Å². The lowest BCUT2D eigenvalue weighted by atomic mass is 9.88. The van der Waals surface area contributed by atoms with E-state index in [9.17, 15) is 0 Å². The van der Waals surface area contributed by atoms with Crippen molar-refractivity contribution in [2.45, 2.75) is 38.3 Å². The van der Waals surface area contributed by atoms with E-state index in [0.717, 1.165) is 22.1 Å². The Bertz CT molecular complexity index is 301. The van der Waals surface area contributed by atoms with E-state index in [0.29, 0.717) is 0 Å². The molecular weight excluding hydrogens is 230 g/mol. The lowest BCUT2D eigenvalue weighted by molar-refractivity contribution is -0.0377. The maximum Gasteiger partial charge on any atom is 0.0931 e. The minimum atomic E-state index is -0.270. The van der Waals surface area contributed by atoms with Gasteiger partial charge in [-0.3, -0.25) is 0 Å². The van der Waals surface area contributed by atoms with Crippen molar-refractivity contribution in [3.05, 3.63) is 21.3 Å². The van der Waals surface area contributed by atoms with Gasteiger partial charge in [0.1, 0.15) is 0 Å². The Kier molecular flexibility index (Phi) is 4.59. The summed E-state index contributed by atoms with van der Waals surface area (Å²) in [6.45, 7) is 4.20. The van der Waals surface area contributed by atoms with Crippen LogP contribution in [0.1, 0.15) is 37.6 Å². The quantitative estimate of drug-likeness (QED) is 0.863. The highest BCUT2D eigenvalue weighted by atomic mass is 35.5. The Morgan fingerprint density at radius 1 is 1.47 bits per heavy atom. The number of nitrogens with two attached hydrogens (primary N) is 1. The molecule has 0 aliphatic carbocycles. The fourth-order valence-electron chi connectivity index (χ4n) is 1.86. The minimum absolute atomic E-state index is 0.102. The van der Waals surface area contributed by atoms with E-state index in [4.69, 9.17) is 22.1 Å². The van der Waals surface area contributed by atoms with Gasteiger partial charge in [-0.05, 0) is 25.0 Å². The van der Waals surface area contributed by atoms with Gasteiger partial charge in [0.05, 0.1) is 16.0 Å². The molecule has 0 saturated carbocycles. The van der Waals surface area contributed by atoms with Gasteiger partial charge in [-0.1, -0.05) is 25.4 Å². The summed E-state index contributed by atoms with van der Waals surface area (Å²) in [5.74, 6) is 0. The highest BCUT2D eigenvalue weighted by Crippen LogP contribution is 2.37. The van der Waals surface area contributed by atoms with Crippen molar-refractivity contribution in [2.75, 3.05) is 7.11 Å². The predicted octanol–water partition coefficient (Wildman–Crippen LogP) is 3.61. The number of halogens is 1. The lowest BCUT2D eigenvalue weighted by Gasteiger charge is -2.35. The molecule has 2 N–H and O–H groups in total. The second kappa shape index (κ2) is 5.30. The number of thiophene rings is 1. The Morgan fingerprint density at radius 3 is 2.40 bits per heavy atom. The van der Waals surface area contributed by atoms with Crippen LogP contribution in [0.3, 0.4) is 0 Å². The standard InChI is InChI=1S/C11H18ClNOS/c1-4-11(5-2,14-3)10(13)8-6-7-9(12)15-8/h6-7,10H,4-5,13H2,1-3H3. The van der Waals surface area contributed by atoms with E-state index in [2.05, 4.69) is 13.8 Å². The maximum absolute atomic E-state index is 6.25. The first-order chi connectivity index (χ1) is 7.09. The molecule has 1 atom stereocenters. The van der Waals surface area contributed by atoms with E-state index in [1.807, 2.05) is 12.1 Å². The monoisotopic (exact) mass is 247 g/mol. The van der Waals surface area contributed by atoms with Crippen LogP contribution in [0.2, 0.25) is 4.34 Å². The van der Waals surface area contributed by atoms with Crippen LogP contribution < -0.4 is 5.73 Å². The Balaban J connectivity index is 2.94. The number of ether oxygens (including phenoxy) is 1. The smallest absolute Gasteiger partial charge is 0.0931 e. The maximum atomic E-state index is 6.25. The molecule has 0 bridgehead atoms. The molecule has 1 heterocycles. The van der Waals surface area contributed by atoms with E-state index in [1.165, 1.54) is 11.3 Å². The summed E-state index contributed by atoms with van der Waals surface area (Å²) in [4.78, 5) is 1.09. The number of hydrogen-bond donors (Lipinski definition) is 1. The Hall–Kier alpha value is -0.0900. The number of hydrogen-bond acceptors (Lipinski definition) is 3. The third-order valence-electron chi connectivity index (χ3n) is 3.07. The summed E-state index contributed by atoms with van der Waals surface area (Å²) in [5.41, 5.74) is 5.98. The molecule has 1 aromatic heterocycles. The molecule has 0 fully saturated rings. The summed E-state index contributed by atoms with van der Waals surface area (Å²) in [5, 5.41) is 0. The molecule has 1 rings (SSSR count). The minimum Gasteiger partial charge on any atom is -0.376 e. The molecule has 0 spiro atoms. The average Bonchev–Trinajstić information content (AvgIpc) is 2.68. The van der Waals surface area contributed by atoms with Crippen LogP contribution in [0.25, 0.3) is 0 Å². The van der Waals surface area contributed by atoms with Gasteiger partial charge >= 0.3 is 0 Å². The largest absolute Gasteiger partial charge is 0.376 e. The van der Waals surface area contributed by atoms with E-state index >= 15 is 0 Å². The first-order valence-corrected chi connectivity index (χ1v) is 6.35. The van der Waals surface area contributed by atoms with Crippen LogP contribution in [0.4, 0.5) is 0 Å². The van der Waals surface area contributed by atoms with Crippen molar-refractivity contribution in [1.29, 1.82) is 0 Å². The van der Waals surface area contributed by atoms with Crippen LogP contribution in [-0.2, 0) is 4.74 Å². The molecule has 1 unspecified atom stereocenters. The number of rotatable bonds is 5. The fourth-order valence-corrected chi connectivity index (χ4v) is 3.03. The second-order valence-electron chi connectivity index (χ2n) is 3.60. The van der Waals surface area contributed by atoms with Crippen LogP contribution in [0.5, 0.6) is 0 Å². The molecule has 4 heteroatoms. The lowest BCUT2D eigenvalue weighted by Crippen LogP contribution is -2.41. The van der Waals surface area contributed by atoms with Crippen molar-refractivity contribution >= 4 is 22.9 Å². The molecule has 2 nitrogen and oxygen atoms in total. The third kappa shape index (κ3) is 2.53. The topological polar surface area (TPSA) is 35.2 Å². The molecule has 15 heavy (non-hydrogen) atoms. The summed E-state index contributed by atoms with van der Waals surface area (Å²) in [6.07, 6.45) is 1.80. The van der Waals surface area contributed by atoms with Gasteiger partial charge in [0, 0.05) is 12.0 Å². The van der Waals surface area contributed by atoms with Gasteiger partial charge in [-0.2, -0.15) is 0 Å². The molecule has 0 aliphatic heterocycles. The zero-order valence-electron chi connectivity index (χ0n) is 9.42. The molecule has 0 aromatic carbocycles. The zero-order chi connectivity index (χ0) is 11.5. The van der Waals surface area contributed by atoms with Gasteiger partial charge in [-0.25, -0.2) is 0 Å². The first-order valence-electron chi connectivity index (χ1n) is 5.15. The fraction of sp³-hybridized carbons (Fsp3) is 0.636. The van der Waals surface area contributed by atoms with Crippen molar-refractivity contribution in [3.63, 3.8) is 0 Å². The molecule has 0 aliphatic rings. The van der Waals surface area contributed by atoms with Crippen molar-refractivity contribution in [3.8, 4) is 0 Å². The van der Waals surface area contributed by atoms with Gasteiger partial charge < -0.3 is 10.5 Å². The predicted molar refractivity (Wildman–Crippen MR) is 66.6 cm³/mol. The normalized spacial score (nSPS) is 14.2. The second-order valence-corrected chi connectivity index (χ2v) is 5.34. The summed E-state index contributed by atoms with van der Waals surface area (Å²) < 4.78 is 6.38. The highest BCUT2D eigenvalue weighted by molar-refractivity contribution is 7.16. The highest BCUT2D eigenvalue weighted by Gasteiger charge is 2.35. The summed E-state index contributed by atoms with van der Waals surface area (Å²) in [7, 11) is 1.72. The molecular formula is C11H18ClNOS. The van der Waals surface area contributed by atoms with Gasteiger partial charge in [0.2, 0.25) is 0 Å². The van der Waals surface area contributed by atoms with Crippen molar-refractivity contribution in [1.82, 2.24) is 0 Å². The molecule has 0 radical (unpaired) electrons. The van der Waals surface area contributed by atoms with Crippen molar-refractivity contribution < 1.29 is 4.74 Å². The van der Waals surface area contributed by atoms with Gasteiger partial charge in [0.15, 0.2) is 0 Å².